The summed E-state index contributed by atoms with van der Waals surface area (Å²) in [5.74, 6) is -0.915. The van der Waals surface area contributed by atoms with Crippen molar-refractivity contribution in [1.29, 1.82) is 0 Å². The van der Waals surface area contributed by atoms with Crippen molar-refractivity contribution in [2.75, 3.05) is 11.9 Å². The molecule has 0 aliphatic carbocycles. The second kappa shape index (κ2) is 5.55. The molecule has 2 N–H and O–H groups in total. The molecule has 0 aliphatic rings. The van der Waals surface area contributed by atoms with Gasteiger partial charge in [-0.2, -0.15) is 0 Å². The van der Waals surface area contributed by atoms with Crippen LogP contribution in [0.1, 0.15) is 0 Å². The summed E-state index contributed by atoms with van der Waals surface area (Å²) in [5.41, 5.74) is 0.590. The summed E-state index contributed by atoms with van der Waals surface area (Å²) < 4.78 is 4.92. The number of anilines is 1. The summed E-state index contributed by atoms with van der Waals surface area (Å²) in [4.78, 5) is 21.2. The molecule has 5 nitrogen and oxygen atoms in total. The molecule has 0 radical (unpaired) electrons. The van der Waals surface area contributed by atoms with Gasteiger partial charge in [0.1, 0.15) is 5.75 Å². The fraction of sp³-hybridized carbons (Fsp3) is 0.0909. The molecule has 0 aromatic heterocycles. The average molecular weight is 221 g/mol. The van der Waals surface area contributed by atoms with Gasteiger partial charge in [0.15, 0.2) is 6.61 Å². The van der Waals surface area contributed by atoms with Gasteiger partial charge < -0.3 is 15.2 Å². The Morgan fingerprint density at radius 1 is 1.38 bits per heavy atom. The molecule has 1 aromatic carbocycles. The second-order valence-electron chi connectivity index (χ2n) is 2.90. The van der Waals surface area contributed by atoms with Gasteiger partial charge >= 0.3 is 5.97 Å². The molecule has 0 unspecified atom stereocenters. The van der Waals surface area contributed by atoms with E-state index in [4.69, 9.17) is 9.84 Å². The lowest BCUT2D eigenvalue weighted by Crippen LogP contribution is -2.10. The molecule has 0 saturated carbocycles. The zero-order valence-corrected chi connectivity index (χ0v) is 8.47. The van der Waals surface area contributed by atoms with E-state index in [0.29, 0.717) is 11.4 Å². The Balaban J connectivity index is 2.57. The number of carbonyl (C=O) groups is 2. The molecule has 0 heterocycles. The monoisotopic (exact) mass is 221 g/mol. The van der Waals surface area contributed by atoms with Gasteiger partial charge in [-0.1, -0.05) is 6.58 Å². The molecular weight excluding hydrogens is 210 g/mol. The number of rotatable bonds is 5. The van der Waals surface area contributed by atoms with Gasteiger partial charge in [-0.05, 0) is 30.3 Å². The minimum atomic E-state index is -1.04. The number of hydrogen-bond acceptors (Lipinski definition) is 3. The molecule has 0 spiro atoms. The van der Waals surface area contributed by atoms with Crippen LogP contribution in [0.15, 0.2) is 36.9 Å². The van der Waals surface area contributed by atoms with Crippen LogP contribution in [0.2, 0.25) is 0 Å². The zero-order chi connectivity index (χ0) is 12.0. The van der Waals surface area contributed by atoms with Crippen molar-refractivity contribution in [2.45, 2.75) is 0 Å². The highest BCUT2D eigenvalue weighted by Crippen LogP contribution is 2.15. The summed E-state index contributed by atoms with van der Waals surface area (Å²) >= 11 is 0. The number of hydrogen-bond donors (Lipinski definition) is 2. The third kappa shape index (κ3) is 3.83. The van der Waals surface area contributed by atoms with Crippen LogP contribution in [0.5, 0.6) is 5.75 Å². The third-order valence-corrected chi connectivity index (χ3v) is 1.67. The quantitative estimate of drug-likeness (QED) is 0.734. The summed E-state index contributed by atoms with van der Waals surface area (Å²) in [5, 5.41) is 10.9. The lowest BCUT2D eigenvalue weighted by atomic mass is 10.3. The number of carbonyl (C=O) groups excluding carboxylic acids is 1. The van der Waals surface area contributed by atoms with E-state index < -0.39 is 12.6 Å². The minimum Gasteiger partial charge on any atom is -0.482 e. The third-order valence-electron chi connectivity index (χ3n) is 1.67. The topological polar surface area (TPSA) is 75.6 Å². The summed E-state index contributed by atoms with van der Waals surface area (Å²) in [6.07, 6.45) is 1.16. The van der Waals surface area contributed by atoms with Crippen LogP contribution in [0.4, 0.5) is 5.69 Å². The molecule has 0 fully saturated rings. The maximum Gasteiger partial charge on any atom is 0.341 e. The summed E-state index contributed by atoms with van der Waals surface area (Å²) in [6, 6.07) is 6.36. The number of carboxylic acids is 1. The Morgan fingerprint density at radius 3 is 2.50 bits per heavy atom. The Labute approximate surface area is 92.3 Å². The van der Waals surface area contributed by atoms with Crippen LogP contribution in [0, 0.1) is 0 Å². The van der Waals surface area contributed by atoms with Crippen LogP contribution in [-0.4, -0.2) is 23.6 Å². The summed E-state index contributed by atoms with van der Waals surface area (Å²) in [7, 11) is 0. The molecule has 16 heavy (non-hydrogen) atoms. The number of amides is 1. The first-order valence-corrected chi connectivity index (χ1v) is 4.50. The molecule has 84 valence electrons. The fourth-order valence-electron chi connectivity index (χ4n) is 0.973. The van der Waals surface area contributed by atoms with E-state index in [-0.39, 0.29) is 5.91 Å². The van der Waals surface area contributed by atoms with Gasteiger partial charge in [0.25, 0.3) is 0 Å². The van der Waals surface area contributed by atoms with Crippen molar-refractivity contribution in [3.8, 4) is 5.75 Å². The molecule has 0 atom stereocenters. The Kier molecular flexibility index (Phi) is 4.08. The van der Waals surface area contributed by atoms with Crippen LogP contribution in [0.25, 0.3) is 0 Å². The van der Waals surface area contributed by atoms with Gasteiger partial charge in [0.2, 0.25) is 5.91 Å². The average Bonchev–Trinajstić information content (AvgIpc) is 2.28. The van der Waals surface area contributed by atoms with Crippen molar-refractivity contribution in [3.05, 3.63) is 36.9 Å². The van der Waals surface area contributed by atoms with Crippen LogP contribution < -0.4 is 10.1 Å². The van der Waals surface area contributed by atoms with Gasteiger partial charge in [-0.25, -0.2) is 4.79 Å². The lowest BCUT2D eigenvalue weighted by molar-refractivity contribution is -0.139. The summed E-state index contributed by atoms with van der Waals surface area (Å²) in [6.45, 7) is 2.93. The van der Waals surface area contributed by atoms with Gasteiger partial charge in [0, 0.05) is 5.69 Å². The van der Waals surface area contributed by atoms with Gasteiger partial charge in [-0.15, -0.1) is 0 Å². The highest BCUT2D eigenvalue weighted by atomic mass is 16.5. The Hall–Kier alpha value is -2.30. The number of ether oxygens (including phenoxy) is 1. The van der Waals surface area contributed by atoms with E-state index in [0.717, 1.165) is 6.08 Å². The number of nitrogens with one attached hydrogen (secondary N) is 1. The molecule has 1 aromatic rings. The number of carboxylic acid groups (broad SMARTS) is 1. The number of benzene rings is 1. The Morgan fingerprint density at radius 2 is 2.00 bits per heavy atom. The lowest BCUT2D eigenvalue weighted by Gasteiger charge is -2.05. The molecule has 0 bridgehead atoms. The van der Waals surface area contributed by atoms with Gasteiger partial charge in [0.05, 0.1) is 0 Å². The highest BCUT2D eigenvalue weighted by molar-refractivity contribution is 5.98. The molecule has 0 saturated heterocycles. The fourth-order valence-corrected chi connectivity index (χ4v) is 0.973. The predicted molar refractivity (Wildman–Crippen MR) is 58.4 cm³/mol. The van der Waals surface area contributed by atoms with E-state index >= 15 is 0 Å². The van der Waals surface area contributed by atoms with E-state index in [2.05, 4.69) is 11.9 Å². The first kappa shape index (κ1) is 11.8. The highest BCUT2D eigenvalue weighted by Gasteiger charge is 2.00. The predicted octanol–water partition coefficient (Wildman–Crippen LogP) is 1.27. The van der Waals surface area contributed by atoms with E-state index in [1.807, 2.05) is 0 Å². The first-order chi connectivity index (χ1) is 7.61. The molecule has 1 rings (SSSR count). The molecular formula is C11H11NO4. The minimum absolute atomic E-state index is 0.306. The van der Waals surface area contributed by atoms with Crippen molar-refractivity contribution >= 4 is 17.6 Å². The largest absolute Gasteiger partial charge is 0.482 e. The van der Waals surface area contributed by atoms with Crippen LogP contribution >= 0.6 is 0 Å². The normalized spacial score (nSPS) is 9.25. The van der Waals surface area contributed by atoms with Crippen LogP contribution in [0.3, 0.4) is 0 Å². The van der Waals surface area contributed by atoms with Crippen molar-refractivity contribution in [1.82, 2.24) is 0 Å². The zero-order valence-electron chi connectivity index (χ0n) is 8.47. The van der Waals surface area contributed by atoms with Gasteiger partial charge in [-0.3, -0.25) is 4.79 Å². The maximum absolute atomic E-state index is 10.9. The maximum atomic E-state index is 10.9. The van der Waals surface area contributed by atoms with E-state index in [9.17, 15) is 9.59 Å². The van der Waals surface area contributed by atoms with Crippen molar-refractivity contribution in [2.24, 2.45) is 0 Å². The number of aliphatic carboxylic acids is 1. The SMILES string of the molecule is C=CC(=O)Nc1ccc(OCC(=O)O)cc1. The van der Waals surface area contributed by atoms with Crippen LogP contribution in [-0.2, 0) is 9.59 Å². The standard InChI is InChI=1S/C11H11NO4/c1-2-10(13)12-8-3-5-9(6-4-8)16-7-11(14)15/h2-6H,1,7H2,(H,12,13)(H,14,15). The van der Waals surface area contributed by atoms with E-state index in [1.54, 1.807) is 24.3 Å². The smallest absolute Gasteiger partial charge is 0.341 e. The first-order valence-electron chi connectivity index (χ1n) is 4.50. The second-order valence-corrected chi connectivity index (χ2v) is 2.90. The molecule has 5 heteroatoms. The van der Waals surface area contributed by atoms with Crippen molar-refractivity contribution in [3.63, 3.8) is 0 Å². The van der Waals surface area contributed by atoms with E-state index in [1.165, 1.54) is 0 Å². The van der Waals surface area contributed by atoms with Crippen molar-refractivity contribution < 1.29 is 19.4 Å². The molecule has 0 aliphatic heterocycles. The Bertz CT molecular complexity index is 397. The molecule has 1 amide bonds.